The van der Waals surface area contributed by atoms with Crippen molar-refractivity contribution in [1.29, 1.82) is 0 Å². The molecule has 420 valence electrons. The summed E-state index contributed by atoms with van der Waals surface area (Å²) < 4.78 is 5.49. The number of rotatable bonds is 60. The summed E-state index contributed by atoms with van der Waals surface area (Å²) in [7, 11) is 0. The molecular formula is C65H125NO5. The molecule has 6 heteroatoms. The molecule has 0 heterocycles. The zero-order valence-corrected chi connectivity index (χ0v) is 48.0. The van der Waals surface area contributed by atoms with Crippen LogP contribution in [0.15, 0.2) is 24.3 Å². The molecule has 0 radical (unpaired) electrons. The Hall–Kier alpha value is -1.66. The Morgan fingerprint density at radius 2 is 0.704 bits per heavy atom. The van der Waals surface area contributed by atoms with Crippen LogP contribution >= 0.6 is 0 Å². The molecule has 1 amide bonds. The minimum absolute atomic E-state index is 0.00149. The molecule has 0 aromatic rings. The van der Waals surface area contributed by atoms with Crippen molar-refractivity contribution in [1.82, 2.24) is 5.32 Å². The van der Waals surface area contributed by atoms with Crippen LogP contribution in [0.4, 0.5) is 0 Å². The van der Waals surface area contributed by atoms with E-state index >= 15 is 0 Å². The average Bonchev–Trinajstić information content (AvgIpc) is 3.37. The molecule has 0 saturated carbocycles. The summed E-state index contributed by atoms with van der Waals surface area (Å²) >= 11 is 0. The van der Waals surface area contributed by atoms with E-state index in [0.717, 1.165) is 51.4 Å². The van der Waals surface area contributed by atoms with Gasteiger partial charge in [0.05, 0.1) is 25.4 Å². The highest BCUT2D eigenvalue weighted by Crippen LogP contribution is 2.18. The van der Waals surface area contributed by atoms with Gasteiger partial charge in [-0.05, 0) is 57.8 Å². The molecule has 2 unspecified atom stereocenters. The van der Waals surface area contributed by atoms with Gasteiger partial charge in [-0.25, -0.2) is 0 Å². The summed E-state index contributed by atoms with van der Waals surface area (Å²) in [6.45, 7) is 4.94. The van der Waals surface area contributed by atoms with Gasteiger partial charge in [0.15, 0.2) is 0 Å². The van der Waals surface area contributed by atoms with Crippen molar-refractivity contribution < 1.29 is 24.5 Å². The van der Waals surface area contributed by atoms with Crippen molar-refractivity contribution in [3.63, 3.8) is 0 Å². The van der Waals surface area contributed by atoms with Gasteiger partial charge in [-0.2, -0.15) is 0 Å². The van der Waals surface area contributed by atoms with Crippen LogP contribution in [0.5, 0.6) is 0 Å². The molecule has 2 atom stereocenters. The minimum Gasteiger partial charge on any atom is -0.466 e. The highest BCUT2D eigenvalue weighted by molar-refractivity contribution is 5.76. The summed E-state index contributed by atoms with van der Waals surface area (Å²) in [4.78, 5) is 24.6. The van der Waals surface area contributed by atoms with Crippen LogP contribution in [0.2, 0.25) is 0 Å². The first-order valence-electron chi connectivity index (χ1n) is 32.1. The maximum Gasteiger partial charge on any atom is 0.305 e. The summed E-state index contributed by atoms with van der Waals surface area (Å²) in [6, 6.07) is -0.547. The zero-order chi connectivity index (χ0) is 51.4. The van der Waals surface area contributed by atoms with Crippen LogP contribution in [0.1, 0.15) is 354 Å². The van der Waals surface area contributed by atoms with Crippen LogP contribution in [0.3, 0.4) is 0 Å². The molecule has 0 aliphatic heterocycles. The number of ether oxygens (including phenoxy) is 1. The minimum atomic E-state index is -0.669. The van der Waals surface area contributed by atoms with Gasteiger partial charge in [-0.3, -0.25) is 9.59 Å². The van der Waals surface area contributed by atoms with Gasteiger partial charge in [0, 0.05) is 12.8 Å². The van der Waals surface area contributed by atoms with Crippen molar-refractivity contribution in [2.45, 2.75) is 366 Å². The Balaban J connectivity index is 3.41. The molecule has 0 bridgehead atoms. The highest BCUT2D eigenvalue weighted by atomic mass is 16.5. The van der Waals surface area contributed by atoms with E-state index in [1.807, 2.05) is 0 Å². The lowest BCUT2D eigenvalue weighted by molar-refractivity contribution is -0.143. The van der Waals surface area contributed by atoms with Gasteiger partial charge < -0.3 is 20.3 Å². The molecule has 0 aromatic carbocycles. The Labute approximate surface area is 443 Å². The number of aliphatic hydroxyl groups is 2. The molecular weight excluding hydrogens is 875 g/mol. The smallest absolute Gasteiger partial charge is 0.305 e. The first-order chi connectivity index (χ1) is 35.0. The number of allylic oxidation sites excluding steroid dienone is 4. The number of nitrogens with one attached hydrogen (secondary N) is 1. The molecule has 0 rings (SSSR count). The third-order valence-electron chi connectivity index (χ3n) is 15.0. The number of esters is 1. The summed E-state index contributed by atoms with van der Waals surface area (Å²) in [5.74, 6) is -0.0385. The Kier molecular flexibility index (Phi) is 59.5. The maximum atomic E-state index is 12.5. The standard InChI is InChI=1S/C65H125NO5/c1-3-5-7-9-11-13-15-17-19-21-22-23-26-29-33-37-41-45-49-53-57-63(68)62(61-67)66-64(69)58-54-50-46-42-38-34-30-27-24-28-32-36-40-44-48-52-56-60-71-65(70)59-55-51-47-43-39-35-31-25-20-18-16-14-12-10-8-6-4-2/h12,14,18,20,62-63,67-68H,3-11,13,15-17,19,21-61H2,1-2H3,(H,66,69)/b14-12-,20-18-. The predicted molar refractivity (Wildman–Crippen MR) is 310 cm³/mol. The fourth-order valence-electron chi connectivity index (χ4n) is 10.1. The first kappa shape index (κ1) is 69.3. The lowest BCUT2D eigenvalue weighted by Gasteiger charge is -2.22. The monoisotopic (exact) mass is 1000 g/mol. The summed E-state index contributed by atoms with van der Waals surface area (Å²) in [5.41, 5.74) is 0. The molecule has 0 fully saturated rings. The van der Waals surface area contributed by atoms with Crippen LogP contribution in [0, 0.1) is 0 Å². The molecule has 3 N–H and O–H groups in total. The van der Waals surface area contributed by atoms with Crippen LogP contribution in [-0.4, -0.2) is 47.4 Å². The third kappa shape index (κ3) is 57.5. The van der Waals surface area contributed by atoms with Gasteiger partial charge in [-0.1, -0.05) is 308 Å². The largest absolute Gasteiger partial charge is 0.466 e. The molecule has 0 spiro atoms. The lowest BCUT2D eigenvalue weighted by Crippen LogP contribution is -2.45. The highest BCUT2D eigenvalue weighted by Gasteiger charge is 2.20. The van der Waals surface area contributed by atoms with Gasteiger partial charge in [0.2, 0.25) is 5.91 Å². The summed E-state index contributed by atoms with van der Waals surface area (Å²) in [5, 5.41) is 23.4. The van der Waals surface area contributed by atoms with Gasteiger partial charge >= 0.3 is 5.97 Å². The topological polar surface area (TPSA) is 95.9 Å². The molecule has 0 aliphatic rings. The SMILES string of the molecule is CCCCC/C=C\C/C=C\CCCCCCCCCC(=O)OCCCCCCCCCCCCCCCCCCCC(=O)NC(CO)C(O)CCCCCCCCCCCCCCCCCCCCCC. The van der Waals surface area contributed by atoms with Gasteiger partial charge in [0.1, 0.15) is 0 Å². The Morgan fingerprint density at radius 1 is 0.394 bits per heavy atom. The number of hydrogen-bond acceptors (Lipinski definition) is 5. The number of hydrogen-bond donors (Lipinski definition) is 3. The fourth-order valence-corrected chi connectivity index (χ4v) is 10.1. The lowest BCUT2D eigenvalue weighted by atomic mass is 10.0. The third-order valence-corrected chi connectivity index (χ3v) is 15.0. The molecule has 71 heavy (non-hydrogen) atoms. The summed E-state index contributed by atoms with van der Waals surface area (Å²) in [6.07, 6.45) is 74.7. The van der Waals surface area contributed by atoms with E-state index in [4.69, 9.17) is 4.74 Å². The number of carbonyl (C=O) groups excluding carboxylic acids is 2. The van der Waals surface area contributed by atoms with E-state index in [9.17, 15) is 19.8 Å². The average molecular weight is 1000 g/mol. The number of aliphatic hydroxyl groups excluding tert-OH is 2. The number of carbonyl (C=O) groups is 2. The fraction of sp³-hybridized carbons (Fsp3) is 0.908. The van der Waals surface area contributed by atoms with Gasteiger partial charge in [0.25, 0.3) is 0 Å². The van der Waals surface area contributed by atoms with E-state index in [0.29, 0.717) is 25.9 Å². The second-order valence-corrected chi connectivity index (χ2v) is 22.1. The van der Waals surface area contributed by atoms with Crippen molar-refractivity contribution in [2.75, 3.05) is 13.2 Å². The quantitative estimate of drug-likeness (QED) is 0.0320. The normalized spacial score (nSPS) is 12.7. The van der Waals surface area contributed by atoms with E-state index in [-0.39, 0.29) is 18.5 Å². The van der Waals surface area contributed by atoms with Crippen molar-refractivity contribution in [3.05, 3.63) is 24.3 Å². The molecule has 6 nitrogen and oxygen atoms in total. The van der Waals surface area contributed by atoms with E-state index < -0.39 is 12.1 Å². The van der Waals surface area contributed by atoms with Crippen molar-refractivity contribution in [2.24, 2.45) is 0 Å². The van der Waals surface area contributed by atoms with Crippen molar-refractivity contribution >= 4 is 11.9 Å². The molecule has 0 saturated heterocycles. The zero-order valence-electron chi connectivity index (χ0n) is 48.0. The first-order valence-corrected chi connectivity index (χ1v) is 32.1. The van der Waals surface area contributed by atoms with Crippen molar-refractivity contribution in [3.8, 4) is 0 Å². The number of amides is 1. The van der Waals surface area contributed by atoms with E-state index in [2.05, 4.69) is 43.5 Å². The number of unbranched alkanes of at least 4 members (excludes halogenated alkanes) is 45. The predicted octanol–water partition coefficient (Wildman–Crippen LogP) is 20.2. The van der Waals surface area contributed by atoms with Crippen LogP contribution in [0.25, 0.3) is 0 Å². The molecule has 0 aliphatic carbocycles. The second-order valence-electron chi connectivity index (χ2n) is 22.1. The maximum absolute atomic E-state index is 12.5. The van der Waals surface area contributed by atoms with Crippen LogP contribution in [-0.2, 0) is 14.3 Å². The Morgan fingerprint density at radius 3 is 1.10 bits per heavy atom. The van der Waals surface area contributed by atoms with E-state index in [1.165, 1.54) is 270 Å². The van der Waals surface area contributed by atoms with E-state index in [1.54, 1.807) is 0 Å². The van der Waals surface area contributed by atoms with Crippen LogP contribution < -0.4 is 5.32 Å². The Bertz CT molecular complexity index is 1110. The second kappa shape index (κ2) is 60.9. The van der Waals surface area contributed by atoms with Gasteiger partial charge in [-0.15, -0.1) is 0 Å². The molecule has 0 aromatic heterocycles.